The van der Waals surface area contributed by atoms with Crippen molar-refractivity contribution in [2.24, 2.45) is 7.05 Å². The van der Waals surface area contributed by atoms with Crippen LogP contribution in [0.4, 0.5) is 13.2 Å². The quantitative estimate of drug-likeness (QED) is 0.482. The Labute approximate surface area is 196 Å². The van der Waals surface area contributed by atoms with E-state index in [-0.39, 0.29) is 28.2 Å². The topological polar surface area (TPSA) is 106 Å². The van der Waals surface area contributed by atoms with Crippen molar-refractivity contribution in [3.63, 3.8) is 0 Å². The second-order valence-electron chi connectivity index (χ2n) is 7.74. The second kappa shape index (κ2) is 8.73. The van der Waals surface area contributed by atoms with Crippen molar-refractivity contribution >= 4 is 0 Å². The van der Waals surface area contributed by atoms with Gasteiger partial charge in [-0.2, -0.15) is 23.5 Å². The fraction of sp³-hybridized carbons (Fsp3) is 0.167. The molecule has 2 aromatic carbocycles. The molecule has 0 unspecified atom stereocenters. The minimum Gasteiger partial charge on any atom is -0.392 e. The van der Waals surface area contributed by atoms with Crippen LogP contribution in [0.3, 0.4) is 0 Å². The van der Waals surface area contributed by atoms with Crippen LogP contribution >= 0.6 is 0 Å². The predicted octanol–water partition coefficient (Wildman–Crippen LogP) is 3.08. The Morgan fingerprint density at radius 3 is 2.37 bits per heavy atom. The lowest BCUT2D eigenvalue weighted by atomic mass is 10.1. The summed E-state index contributed by atoms with van der Waals surface area (Å²) in [4.78, 5) is 26.3. The van der Waals surface area contributed by atoms with Gasteiger partial charge in [-0.05, 0) is 49.4 Å². The van der Waals surface area contributed by atoms with E-state index in [0.29, 0.717) is 11.3 Å². The second-order valence-corrected chi connectivity index (χ2v) is 7.74. The van der Waals surface area contributed by atoms with E-state index in [1.807, 2.05) is 6.07 Å². The number of hydrogen-bond acceptors (Lipinski definition) is 5. The Hall–Kier alpha value is -4.43. The van der Waals surface area contributed by atoms with Gasteiger partial charge in [0.2, 0.25) is 0 Å². The van der Waals surface area contributed by atoms with Gasteiger partial charge in [0.15, 0.2) is 0 Å². The van der Waals surface area contributed by atoms with Crippen LogP contribution in [-0.2, 0) is 19.8 Å². The zero-order valence-electron chi connectivity index (χ0n) is 18.5. The largest absolute Gasteiger partial charge is 0.416 e. The molecule has 0 saturated heterocycles. The first-order valence-electron chi connectivity index (χ1n) is 10.3. The normalized spacial score (nSPS) is 11.5. The van der Waals surface area contributed by atoms with Crippen molar-refractivity contribution < 1.29 is 18.3 Å². The lowest BCUT2D eigenvalue weighted by Crippen LogP contribution is -2.40. The molecule has 0 aliphatic carbocycles. The lowest BCUT2D eigenvalue weighted by molar-refractivity contribution is -0.137. The van der Waals surface area contributed by atoms with Gasteiger partial charge < -0.3 is 5.11 Å². The standard InChI is InChI=1S/C24H18F3N5O3/c1-14-20(21-16(13-33)12-29-32(21)18-8-6-15(11-28)7-9-18)22(34)30(2)23(35)31(14)19-5-3-4-17(10-19)24(25,26)27/h3-10,12,33H,13H2,1-2H3. The van der Waals surface area contributed by atoms with Gasteiger partial charge in [-0.15, -0.1) is 0 Å². The summed E-state index contributed by atoms with van der Waals surface area (Å²) in [6.07, 6.45) is -3.28. The van der Waals surface area contributed by atoms with Crippen LogP contribution in [0.5, 0.6) is 0 Å². The number of aliphatic hydroxyl groups excluding tert-OH is 1. The molecule has 2 heterocycles. The average Bonchev–Trinajstić information content (AvgIpc) is 3.26. The molecule has 0 fully saturated rings. The van der Waals surface area contributed by atoms with E-state index < -0.39 is 29.6 Å². The molecule has 8 nitrogen and oxygen atoms in total. The molecule has 4 aromatic rings. The van der Waals surface area contributed by atoms with E-state index in [0.717, 1.165) is 21.3 Å². The van der Waals surface area contributed by atoms with E-state index in [2.05, 4.69) is 5.10 Å². The van der Waals surface area contributed by atoms with Gasteiger partial charge in [-0.1, -0.05) is 6.07 Å². The van der Waals surface area contributed by atoms with Gasteiger partial charge >= 0.3 is 11.9 Å². The van der Waals surface area contributed by atoms with Gasteiger partial charge in [0.05, 0.1) is 52.6 Å². The van der Waals surface area contributed by atoms with Crippen LogP contribution in [-0.4, -0.2) is 24.0 Å². The zero-order valence-corrected chi connectivity index (χ0v) is 18.5. The summed E-state index contributed by atoms with van der Waals surface area (Å²) in [6.45, 7) is 0.951. The SMILES string of the molecule is Cc1c(-c2c(CO)cnn2-c2ccc(C#N)cc2)c(=O)n(C)c(=O)n1-c1cccc(C(F)(F)F)c1. The molecule has 2 aromatic heterocycles. The Balaban J connectivity index is 2.05. The molecule has 0 spiro atoms. The molecule has 0 saturated carbocycles. The average molecular weight is 481 g/mol. The van der Waals surface area contributed by atoms with Gasteiger partial charge in [-0.25, -0.2) is 9.48 Å². The van der Waals surface area contributed by atoms with Crippen molar-refractivity contribution in [2.75, 3.05) is 0 Å². The highest BCUT2D eigenvalue weighted by atomic mass is 19.4. The first kappa shape index (κ1) is 23.7. The molecule has 0 bridgehead atoms. The summed E-state index contributed by atoms with van der Waals surface area (Å²) in [5.41, 5.74) is -1.19. The predicted molar refractivity (Wildman–Crippen MR) is 120 cm³/mol. The summed E-state index contributed by atoms with van der Waals surface area (Å²) < 4.78 is 43.1. The maximum Gasteiger partial charge on any atom is 0.416 e. The Morgan fingerprint density at radius 1 is 1.09 bits per heavy atom. The highest BCUT2D eigenvalue weighted by Gasteiger charge is 2.31. The van der Waals surface area contributed by atoms with Crippen LogP contribution in [0.15, 0.2) is 64.3 Å². The number of nitriles is 1. The molecule has 11 heteroatoms. The van der Waals surface area contributed by atoms with Gasteiger partial charge in [-0.3, -0.25) is 13.9 Å². The van der Waals surface area contributed by atoms with Gasteiger partial charge in [0.25, 0.3) is 5.56 Å². The molecule has 4 rings (SSSR count). The van der Waals surface area contributed by atoms with Crippen LogP contribution in [0, 0.1) is 18.3 Å². The van der Waals surface area contributed by atoms with Crippen molar-refractivity contribution in [3.05, 3.63) is 98.0 Å². The van der Waals surface area contributed by atoms with Crippen molar-refractivity contribution in [2.45, 2.75) is 19.7 Å². The summed E-state index contributed by atoms with van der Waals surface area (Å²) in [5.74, 6) is 0. The number of aromatic nitrogens is 4. The van der Waals surface area contributed by atoms with E-state index in [9.17, 15) is 27.9 Å². The number of benzene rings is 2. The molecule has 35 heavy (non-hydrogen) atoms. The van der Waals surface area contributed by atoms with E-state index in [1.54, 1.807) is 24.3 Å². The van der Waals surface area contributed by atoms with E-state index >= 15 is 0 Å². The van der Waals surface area contributed by atoms with E-state index in [4.69, 9.17) is 5.26 Å². The molecular weight excluding hydrogens is 463 g/mol. The monoisotopic (exact) mass is 481 g/mol. The van der Waals surface area contributed by atoms with Crippen LogP contribution in [0.1, 0.15) is 22.4 Å². The first-order valence-corrected chi connectivity index (χ1v) is 10.3. The number of nitrogens with zero attached hydrogens (tertiary/aromatic N) is 5. The van der Waals surface area contributed by atoms with Crippen molar-refractivity contribution in [1.82, 2.24) is 18.9 Å². The van der Waals surface area contributed by atoms with Crippen molar-refractivity contribution in [1.29, 1.82) is 5.26 Å². The number of halogens is 3. The summed E-state index contributed by atoms with van der Waals surface area (Å²) in [5, 5.41) is 23.3. The minimum atomic E-state index is -4.63. The van der Waals surface area contributed by atoms with Gasteiger partial charge in [0.1, 0.15) is 0 Å². The number of alkyl halides is 3. The summed E-state index contributed by atoms with van der Waals surface area (Å²) in [7, 11) is 1.22. The molecule has 0 amide bonds. The van der Waals surface area contributed by atoms with Gasteiger partial charge in [0, 0.05) is 18.3 Å². The molecule has 0 radical (unpaired) electrons. The fourth-order valence-corrected chi connectivity index (χ4v) is 3.85. The Bertz CT molecular complexity index is 1590. The third-order valence-corrected chi connectivity index (χ3v) is 5.62. The Kier molecular flexibility index (Phi) is 5.92. The highest BCUT2D eigenvalue weighted by Crippen LogP contribution is 2.31. The third kappa shape index (κ3) is 4.04. The molecule has 1 N–H and O–H groups in total. The summed E-state index contributed by atoms with van der Waals surface area (Å²) in [6, 6.07) is 12.5. The summed E-state index contributed by atoms with van der Waals surface area (Å²) >= 11 is 0. The smallest absolute Gasteiger partial charge is 0.392 e. The van der Waals surface area contributed by atoms with Crippen molar-refractivity contribution in [3.8, 4) is 28.7 Å². The molecule has 178 valence electrons. The highest BCUT2D eigenvalue weighted by molar-refractivity contribution is 5.68. The molecule has 0 aliphatic heterocycles. The first-order chi connectivity index (χ1) is 16.6. The number of aliphatic hydroxyl groups is 1. The molecular formula is C24H18F3N5O3. The third-order valence-electron chi connectivity index (χ3n) is 5.62. The minimum absolute atomic E-state index is 0.0181. The van der Waals surface area contributed by atoms with Crippen LogP contribution < -0.4 is 11.2 Å². The molecule has 0 aliphatic rings. The molecule has 0 atom stereocenters. The maximum absolute atomic E-state index is 13.3. The number of rotatable bonds is 4. The number of hydrogen-bond donors (Lipinski definition) is 1. The Morgan fingerprint density at radius 2 is 1.77 bits per heavy atom. The van der Waals surface area contributed by atoms with E-state index in [1.165, 1.54) is 37.0 Å². The zero-order chi connectivity index (χ0) is 25.5. The fourth-order valence-electron chi connectivity index (χ4n) is 3.85. The lowest BCUT2D eigenvalue weighted by Gasteiger charge is -2.18. The maximum atomic E-state index is 13.3. The van der Waals surface area contributed by atoms with Crippen LogP contribution in [0.25, 0.3) is 22.6 Å². The van der Waals surface area contributed by atoms with Crippen LogP contribution in [0.2, 0.25) is 0 Å².